The Bertz CT molecular complexity index is 297. The summed E-state index contributed by atoms with van der Waals surface area (Å²) in [7, 11) is 0. The van der Waals surface area contributed by atoms with Crippen molar-refractivity contribution in [1.82, 2.24) is 10.3 Å². The van der Waals surface area contributed by atoms with Crippen molar-refractivity contribution in [2.45, 2.75) is 18.8 Å². The van der Waals surface area contributed by atoms with Gasteiger partial charge in [-0.15, -0.1) is 0 Å². The summed E-state index contributed by atoms with van der Waals surface area (Å²) in [6.45, 7) is 0.778. The Morgan fingerprint density at radius 3 is 3.08 bits per heavy atom. The Labute approximate surface area is 77.2 Å². The van der Waals surface area contributed by atoms with Crippen LogP contribution < -0.4 is 5.32 Å². The maximum Gasteiger partial charge on any atom is 0.220 e. The zero-order valence-electron chi connectivity index (χ0n) is 7.36. The molecule has 1 aromatic heterocycles. The standard InChI is InChI=1S/C10H12N2O/c13-10-7-8(4-6-12-10)9-3-1-2-5-11-9/h1-3,5,8H,4,6-7H2,(H,12,13). The maximum absolute atomic E-state index is 11.1. The average molecular weight is 176 g/mol. The van der Waals surface area contributed by atoms with E-state index in [9.17, 15) is 4.79 Å². The average Bonchev–Trinajstić information content (AvgIpc) is 2.19. The molecule has 68 valence electrons. The molecule has 2 rings (SSSR count). The zero-order valence-corrected chi connectivity index (χ0v) is 7.36. The number of rotatable bonds is 1. The van der Waals surface area contributed by atoms with Crippen molar-refractivity contribution < 1.29 is 4.79 Å². The zero-order chi connectivity index (χ0) is 9.10. The SMILES string of the molecule is O=C1CC(c2ccccn2)CCN1. The molecule has 1 unspecified atom stereocenters. The molecule has 1 amide bonds. The van der Waals surface area contributed by atoms with Crippen LogP contribution in [-0.2, 0) is 4.79 Å². The summed E-state index contributed by atoms with van der Waals surface area (Å²) in [4.78, 5) is 15.4. The molecule has 0 saturated carbocycles. The van der Waals surface area contributed by atoms with Gasteiger partial charge in [0.2, 0.25) is 5.91 Å². The van der Waals surface area contributed by atoms with E-state index >= 15 is 0 Å². The lowest BCUT2D eigenvalue weighted by Gasteiger charge is -2.21. The first-order chi connectivity index (χ1) is 6.36. The number of aromatic nitrogens is 1. The van der Waals surface area contributed by atoms with E-state index in [-0.39, 0.29) is 5.91 Å². The van der Waals surface area contributed by atoms with Crippen LogP contribution in [0.3, 0.4) is 0 Å². The van der Waals surface area contributed by atoms with E-state index in [1.165, 1.54) is 0 Å². The lowest BCUT2D eigenvalue weighted by molar-refractivity contribution is -0.122. The summed E-state index contributed by atoms with van der Waals surface area (Å²) in [6, 6.07) is 5.85. The third-order valence-electron chi connectivity index (χ3n) is 2.35. The molecule has 0 spiro atoms. The molecule has 13 heavy (non-hydrogen) atoms. The van der Waals surface area contributed by atoms with Gasteiger partial charge in [0.15, 0.2) is 0 Å². The minimum atomic E-state index is 0.141. The van der Waals surface area contributed by atoms with E-state index in [2.05, 4.69) is 10.3 Å². The second-order valence-corrected chi connectivity index (χ2v) is 3.29. The van der Waals surface area contributed by atoms with Crippen LogP contribution in [-0.4, -0.2) is 17.4 Å². The van der Waals surface area contributed by atoms with E-state index in [0.717, 1.165) is 18.7 Å². The number of amides is 1. The first kappa shape index (κ1) is 8.23. The van der Waals surface area contributed by atoms with Gasteiger partial charge in [-0.3, -0.25) is 9.78 Å². The Balaban J connectivity index is 2.13. The number of pyridine rings is 1. The first-order valence-corrected chi connectivity index (χ1v) is 4.54. The number of nitrogens with one attached hydrogen (secondary N) is 1. The number of carbonyl (C=O) groups is 1. The maximum atomic E-state index is 11.1. The summed E-state index contributed by atoms with van der Waals surface area (Å²) in [6.07, 6.45) is 3.36. The van der Waals surface area contributed by atoms with Crippen molar-refractivity contribution >= 4 is 5.91 Å². The van der Waals surface area contributed by atoms with Crippen molar-refractivity contribution in [2.24, 2.45) is 0 Å². The third kappa shape index (κ3) is 1.86. The highest BCUT2D eigenvalue weighted by molar-refractivity contribution is 5.77. The normalized spacial score (nSPS) is 22.5. The van der Waals surface area contributed by atoms with Gasteiger partial charge in [-0.25, -0.2) is 0 Å². The van der Waals surface area contributed by atoms with Crippen LogP contribution >= 0.6 is 0 Å². The van der Waals surface area contributed by atoms with Crippen molar-refractivity contribution in [3.05, 3.63) is 30.1 Å². The smallest absolute Gasteiger partial charge is 0.220 e. The van der Waals surface area contributed by atoms with Crippen LogP contribution in [0.2, 0.25) is 0 Å². The fourth-order valence-electron chi connectivity index (χ4n) is 1.65. The predicted molar refractivity (Wildman–Crippen MR) is 49.2 cm³/mol. The third-order valence-corrected chi connectivity index (χ3v) is 2.35. The number of nitrogens with zero attached hydrogens (tertiary/aromatic N) is 1. The molecule has 0 radical (unpaired) electrons. The van der Waals surface area contributed by atoms with Gasteiger partial charge in [0.05, 0.1) is 0 Å². The highest BCUT2D eigenvalue weighted by Gasteiger charge is 2.20. The number of hydrogen-bond donors (Lipinski definition) is 1. The molecule has 1 N–H and O–H groups in total. The van der Waals surface area contributed by atoms with Gasteiger partial charge in [-0.1, -0.05) is 6.07 Å². The van der Waals surface area contributed by atoms with Crippen LogP contribution in [0.1, 0.15) is 24.5 Å². The monoisotopic (exact) mass is 176 g/mol. The van der Waals surface area contributed by atoms with Gasteiger partial charge in [-0.05, 0) is 18.6 Å². The Morgan fingerprint density at radius 1 is 1.46 bits per heavy atom. The molecular weight excluding hydrogens is 164 g/mol. The van der Waals surface area contributed by atoms with Gasteiger partial charge >= 0.3 is 0 Å². The molecule has 1 aliphatic rings. The van der Waals surface area contributed by atoms with Gasteiger partial charge < -0.3 is 5.32 Å². The molecule has 0 aliphatic carbocycles. The molecule has 1 saturated heterocycles. The van der Waals surface area contributed by atoms with Crippen molar-refractivity contribution in [3.8, 4) is 0 Å². The number of carbonyl (C=O) groups excluding carboxylic acids is 1. The van der Waals surface area contributed by atoms with Gasteiger partial charge in [-0.2, -0.15) is 0 Å². The second-order valence-electron chi connectivity index (χ2n) is 3.29. The number of piperidine rings is 1. The Morgan fingerprint density at radius 2 is 2.38 bits per heavy atom. The summed E-state index contributed by atoms with van der Waals surface area (Å²) < 4.78 is 0. The van der Waals surface area contributed by atoms with Crippen LogP contribution in [0, 0.1) is 0 Å². The summed E-state index contributed by atoms with van der Waals surface area (Å²) in [5.74, 6) is 0.455. The molecule has 0 bridgehead atoms. The molecule has 3 heteroatoms. The van der Waals surface area contributed by atoms with E-state index in [4.69, 9.17) is 0 Å². The fraction of sp³-hybridized carbons (Fsp3) is 0.400. The van der Waals surface area contributed by atoms with E-state index in [1.54, 1.807) is 6.20 Å². The van der Waals surface area contributed by atoms with Crippen LogP contribution in [0.4, 0.5) is 0 Å². The van der Waals surface area contributed by atoms with Crippen LogP contribution in [0.25, 0.3) is 0 Å². The lowest BCUT2D eigenvalue weighted by Crippen LogP contribution is -2.32. The molecule has 1 aliphatic heterocycles. The fourth-order valence-corrected chi connectivity index (χ4v) is 1.65. The molecular formula is C10H12N2O. The molecule has 1 fully saturated rings. The lowest BCUT2D eigenvalue weighted by atomic mass is 9.94. The Kier molecular flexibility index (Phi) is 2.25. The van der Waals surface area contributed by atoms with Crippen molar-refractivity contribution in [3.63, 3.8) is 0 Å². The van der Waals surface area contributed by atoms with E-state index in [0.29, 0.717) is 12.3 Å². The molecule has 1 atom stereocenters. The molecule has 2 heterocycles. The molecule has 3 nitrogen and oxygen atoms in total. The van der Waals surface area contributed by atoms with Crippen molar-refractivity contribution in [1.29, 1.82) is 0 Å². The molecule has 0 aromatic carbocycles. The van der Waals surface area contributed by atoms with E-state index in [1.807, 2.05) is 18.2 Å². The van der Waals surface area contributed by atoms with Gasteiger partial charge in [0.1, 0.15) is 0 Å². The van der Waals surface area contributed by atoms with Crippen molar-refractivity contribution in [2.75, 3.05) is 6.54 Å². The topological polar surface area (TPSA) is 42.0 Å². The van der Waals surface area contributed by atoms with Gasteiger partial charge in [0, 0.05) is 30.8 Å². The largest absolute Gasteiger partial charge is 0.356 e. The summed E-state index contributed by atoms with van der Waals surface area (Å²) >= 11 is 0. The number of hydrogen-bond acceptors (Lipinski definition) is 2. The minimum Gasteiger partial charge on any atom is -0.356 e. The summed E-state index contributed by atoms with van der Waals surface area (Å²) in [5, 5.41) is 2.82. The Hall–Kier alpha value is -1.38. The highest BCUT2D eigenvalue weighted by atomic mass is 16.1. The molecule has 1 aromatic rings. The minimum absolute atomic E-state index is 0.141. The second kappa shape index (κ2) is 3.56. The van der Waals surface area contributed by atoms with Crippen LogP contribution in [0.15, 0.2) is 24.4 Å². The first-order valence-electron chi connectivity index (χ1n) is 4.54. The van der Waals surface area contributed by atoms with E-state index < -0.39 is 0 Å². The van der Waals surface area contributed by atoms with Crippen LogP contribution in [0.5, 0.6) is 0 Å². The quantitative estimate of drug-likeness (QED) is 0.695. The van der Waals surface area contributed by atoms with Gasteiger partial charge in [0.25, 0.3) is 0 Å². The predicted octanol–water partition coefficient (Wildman–Crippen LogP) is 1.08. The summed E-state index contributed by atoms with van der Waals surface area (Å²) in [5.41, 5.74) is 1.04. The highest BCUT2D eigenvalue weighted by Crippen LogP contribution is 2.23.